The minimum Gasteiger partial charge on any atom is -0.354 e. The van der Waals surface area contributed by atoms with Gasteiger partial charge >= 0.3 is 0 Å². The number of anilines is 3. The summed E-state index contributed by atoms with van der Waals surface area (Å²) in [7, 11) is 1.95. The van der Waals surface area contributed by atoms with Crippen molar-refractivity contribution in [2.75, 3.05) is 47.8 Å². The molecule has 1 aliphatic heterocycles. The molecule has 9 nitrogen and oxygen atoms in total. The number of imidazole rings is 1. The summed E-state index contributed by atoms with van der Waals surface area (Å²) in [6.45, 7) is 6.33. The second-order valence-corrected chi connectivity index (χ2v) is 5.97. The number of rotatable bonds is 4. The maximum absolute atomic E-state index is 4.58. The van der Waals surface area contributed by atoms with Crippen LogP contribution in [0.5, 0.6) is 0 Å². The first kappa shape index (κ1) is 15.6. The van der Waals surface area contributed by atoms with Crippen LogP contribution in [0.3, 0.4) is 0 Å². The Morgan fingerprint density at radius 2 is 1.84 bits per heavy atom. The Balaban J connectivity index is 1.50. The van der Waals surface area contributed by atoms with E-state index in [9.17, 15) is 0 Å². The molecule has 1 fully saturated rings. The van der Waals surface area contributed by atoms with E-state index >= 15 is 0 Å². The summed E-state index contributed by atoms with van der Waals surface area (Å²) < 4.78 is 1.92. The number of aromatic nitrogens is 6. The van der Waals surface area contributed by atoms with Gasteiger partial charge < -0.3 is 19.7 Å². The molecular weight excluding hydrogens is 318 g/mol. The fourth-order valence-corrected chi connectivity index (χ4v) is 3.08. The molecule has 3 aromatic heterocycles. The van der Waals surface area contributed by atoms with E-state index in [4.69, 9.17) is 0 Å². The van der Waals surface area contributed by atoms with Crippen molar-refractivity contribution in [3.63, 3.8) is 0 Å². The Bertz CT molecular complexity index is 867. The SMILES string of the molecule is CCNc1nccc(N2CCN(c3ncnc4c3ncn4C)CC2)n1. The summed E-state index contributed by atoms with van der Waals surface area (Å²) in [5.74, 6) is 2.53. The van der Waals surface area contributed by atoms with E-state index < -0.39 is 0 Å². The third-order valence-electron chi connectivity index (χ3n) is 4.36. The number of aryl methyl sites for hydroxylation is 1. The van der Waals surface area contributed by atoms with Gasteiger partial charge in [-0.05, 0) is 13.0 Å². The zero-order valence-corrected chi connectivity index (χ0v) is 14.4. The molecule has 4 rings (SSSR count). The van der Waals surface area contributed by atoms with Gasteiger partial charge in [-0.25, -0.2) is 19.9 Å². The number of hydrogen-bond acceptors (Lipinski definition) is 8. The average Bonchev–Trinajstić information content (AvgIpc) is 3.04. The van der Waals surface area contributed by atoms with Gasteiger partial charge in [0.2, 0.25) is 5.95 Å². The number of fused-ring (bicyclic) bond motifs is 1. The maximum atomic E-state index is 4.58. The summed E-state index contributed by atoms with van der Waals surface area (Å²) in [5, 5.41) is 3.16. The predicted octanol–water partition coefficient (Wildman–Crippen LogP) is 0.912. The molecule has 0 spiro atoms. The van der Waals surface area contributed by atoms with Crippen molar-refractivity contribution < 1.29 is 0 Å². The smallest absolute Gasteiger partial charge is 0.224 e. The lowest BCUT2D eigenvalue weighted by molar-refractivity contribution is 0.642. The summed E-state index contributed by atoms with van der Waals surface area (Å²) in [6.07, 6.45) is 5.19. The van der Waals surface area contributed by atoms with Crippen LogP contribution in [0, 0.1) is 0 Å². The number of hydrogen-bond donors (Lipinski definition) is 1. The Morgan fingerprint density at radius 3 is 2.64 bits per heavy atom. The van der Waals surface area contributed by atoms with E-state index in [0.717, 1.165) is 55.5 Å². The third kappa shape index (κ3) is 2.92. The largest absolute Gasteiger partial charge is 0.354 e. The number of nitrogens with zero attached hydrogens (tertiary/aromatic N) is 8. The highest BCUT2D eigenvalue weighted by atomic mass is 15.3. The molecule has 1 aliphatic rings. The molecule has 0 amide bonds. The van der Waals surface area contributed by atoms with Gasteiger partial charge in [-0.1, -0.05) is 0 Å². The fourth-order valence-electron chi connectivity index (χ4n) is 3.08. The standard InChI is InChI=1S/C16H21N9/c1-3-17-16-18-5-4-12(22-16)24-6-8-25(9-7-24)15-13-14(19-10-20-15)23(2)11-21-13/h4-5,10-11H,3,6-9H2,1-2H3,(H,17,18,22). The predicted molar refractivity (Wildman–Crippen MR) is 96.9 cm³/mol. The van der Waals surface area contributed by atoms with Gasteiger partial charge in [-0.2, -0.15) is 4.98 Å². The van der Waals surface area contributed by atoms with Crippen molar-refractivity contribution in [3.05, 3.63) is 24.9 Å². The molecule has 0 unspecified atom stereocenters. The van der Waals surface area contributed by atoms with Crippen molar-refractivity contribution in [3.8, 4) is 0 Å². The van der Waals surface area contributed by atoms with Gasteiger partial charge in [0.15, 0.2) is 17.0 Å². The number of nitrogens with one attached hydrogen (secondary N) is 1. The Kier molecular flexibility index (Phi) is 4.04. The van der Waals surface area contributed by atoms with Crippen molar-refractivity contribution >= 4 is 28.7 Å². The fraction of sp³-hybridized carbons (Fsp3) is 0.438. The molecule has 25 heavy (non-hydrogen) atoms. The Morgan fingerprint density at radius 1 is 1.04 bits per heavy atom. The van der Waals surface area contributed by atoms with Crippen molar-refractivity contribution in [2.24, 2.45) is 7.05 Å². The van der Waals surface area contributed by atoms with Gasteiger partial charge in [0.1, 0.15) is 12.1 Å². The molecule has 9 heteroatoms. The lowest BCUT2D eigenvalue weighted by Gasteiger charge is -2.36. The van der Waals surface area contributed by atoms with E-state index in [1.807, 2.05) is 24.6 Å². The average molecular weight is 339 g/mol. The van der Waals surface area contributed by atoms with Gasteiger partial charge in [-0.15, -0.1) is 0 Å². The third-order valence-corrected chi connectivity index (χ3v) is 4.36. The quantitative estimate of drug-likeness (QED) is 0.750. The highest BCUT2D eigenvalue weighted by molar-refractivity contribution is 5.83. The Labute approximate surface area is 145 Å². The zero-order chi connectivity index (χ0) is 17.2. The van der Waals surface area contributed by atoms with E-state index in [1.54, 1.807) is 18.9 Å². The molecule has 0 aromatic carbocycles. The first-order valence-electron chi connectivity index (χ1n) is 8.45. The maximum Gasteiger partial charge on any atom is 0.224 e. The molecule has 1 N–H and O–H groups in total. The molecule has 4 heterocycles. The first-order valence-corrected chi connectivity index (χ1v) is 8.45. The molecule has 3 aromatic rings. The van der Waals surface area contributed by atoms with Crippen LogP contribution in [0.4, 0.5) is 17.6 Å². The van der Waals surface area contributed by atoms with Gasteiger partial charge in [0.25, 0.3) is 0 Å². The van der Waals surface area contributed by atoms with Gasteiger partial charge in [0.05, 0.1) is 6.33 Å². The summed E-state index contributed by atoms with van der Waals surface area (Å²) in [4.78, 5) is 26.6. The minimum atomic E-state index is 0.674. The summed E-state index contributed by atoms with van der Waals surface area (Å²) >= 11 is 0. The van der Waals surface area contributed by atoms with Crippen molar-refractivity contribution in [2.45, 2.75) is 6.92 Å². The van der Waals surface area contributed by atoms with E-state index in [1.165, 1.54) is 0 Å². The summed E-state index contributed by atoms with van der Waals surface area (Å²) in [5.41, 5.74) is 1.72. The second kappa shape index (κ2) is 6.50. The molecular formula is C16H21N9. The molecule has 0 aliphatic carbocycles. The lowest BCUT2D eigenvalue weighted by atomic mass is 10.3. The van der Waals surface area contributed by atoms with Crippen LogP contribution < -0.4 is 15.1 Å². The molecule has 130 valence electrons. The molecule has 0 saturated carbocycles. The van der Waals surface area contributed by atoms with Crippen LogP contribution in [0.1, 0.15) is 6.92 Å². The van der Waals surface area contributed by atoms with Crippen LogP contribution >= 0.6 is 0 Å². The highest BCUT2D eigenvalue weighted by Gasteiger charge is 2.22. The van der Waals surface area contributed by atoms with E-state index in [-0.39, 0.29) is 0 Å². The Hall–Kier alpha value is -2.97. The van der Waals surface area contributed by atoms with Crippen molar-refractivity contribution in [1.29, 1.82) is 0 Å². The first-order chi connectivity index (χ1) is 12.3. The van der Waals surface area contributed by atoms with E-state index in [2.05, 4.69) is 40.0 Å². The van der Waals surface area contributed by atoms with Crippen LogP contribution in [-0.4, -0.2) is 62.2 Å². The summed E-state index contributed by atoms with van der Waals surface area (Å²) in [6, 6.07) is 1.96. The molecule has 0 radical (unpaired) electrons. The number of piperazine rings is 1. The molecule has 0 bridgehead atoms. The normalized spacial score (nSPS) is 15.0. The molecule has 1 saturated heterocycles. The molecule has 0 atom stereocenters. The van der Waals surface area contributed by atoms with Crippen LogP contribution in [-0.2, 0) is 7.05 Å². The van der Waals surface area contributed by atoms with Gasteiger partial charge in [-0.3, -0.25) is 0 Å². The topological polar surface area (TPSA) is 87.9 Å². The van der Waals surface area contributed by atoms with Crippen LogP contribution in [0.15, 0.2) is 24.9 Å². The minimum absolute atomic E-state index is 0.674. The monoisotopic (exact) mass is 339 g/mol. The van der Waals surface area contributed by atoms with Gasteiger partial charge in [0, 0.05) is 46.0 Å². The van der Waals surface area contributed by atoms with Crippen LogP contribution in [0.25, 0.3) is 11.2 Å². The lowest BCUT2D eigenvalue weighted by Crippen LogP contribution is -2.47. The highest BCUT2D eigenvalue weighted by Crippen LogP contribution is 2.23. The zero-order valence-electron chi connectivity index (χ0n) is 14.4. The van der Waals surface area contributed by atoms with Crippen LogP contribution in [0.2, 0.25) is 0 Å². The second-order valence-electron chi connectivity index (χ2n) is 5.97. The van der Waals surface area contributed by atoms with E-state index in [0.29, 0.717) is 5.95 Å². The van der Waals surface area contributed by atoms with Crippen molar-refractivity contribution in [1.82, 2.24) is 29.5 Å².